The van der Waals surface area contributed by atoms with Crippen LogP contribution >= 0.6 is 0 Å². The van der Waals surface area contributed by atoms with E-state index in [1.807, 2.05) is 43.0 Å². The second-order valence-electron chi connectivity index (χ2n) is 7.80. The normalized spacial score (nSPS) is 20.5. The smallest absolute Gasteiger partial charge is 0.228 e. The maximum atomic E-state index is 12.9. The number of oxazole rings is 1. The molecular formula is C22H31N3O3. The average Bonchev–Trinajstić information content (AvgIpc) is 3.01. The summed E-state index contributed by atoms with van der Waals surface area (Å²) in [5.41, 5.74) is 2.82. The zero-order valence-electron chi connectivity index (χ0n) is 17.6. The van der Waals surface area contributed by atoms with E-state index < -0.39 is 0 Å². The molecule has 152 valence electrons. The molecule has 2 atom stereocenters. The lowest BCUT2D eigenvalue weighted by atomic mass is 10.1. The Labute approximate surface area is 167 Å². The Balaban J connectivity index is 1.67. The number of aryl methyl sites for hydroxylation is 2. The standard InChI is InChI=1S/C22H31N3O3/c1-15-7-6-8-19(11-15)22-23-20(18(4)28-22)12-21(26)24-13-16(2)25(9-10-27-5)17(3)14-24/h6-8,11,16-17H,9-10,12-14H2,1-5H3. The summed E-state index contributed by atoms with van der Waals surface area (Å²) in [6.45, 7) is 11.3. The van der Waals surface area contributed by atoms with Crippen molar-refractivity contribution in [1.29, 1.82) is 0 Å². The molecule has 0 radical (unpaired) electrons. The van der Waals surface area contributed by atoms with Crippen LogP contribution in [0.25, 0.3) is 11.5 Å². The van der Waals surface area contributed by atoms with Crippen LogP contribution in [-0.2, 0) is 16.0 Å². The summed E-state index contributed by atoms with van der Waals surface area (Å²) >= 11 is 0. The molecule has 1 amide bonds. The molecule has 6 nitrogen and oxygen atoms in total. The van der Waals surface area contributed by atoms with Crippen molar-refractivity contribution in [2.45, 2.75) is 46.2 Å². The minimum absolute atomic E-state index is 0.109. The fourth-order valence-corrected chi connectivity index (χ4v) is 3.95. The van der Waals surface area contributed by atoms with E-state index in [1.165, 1.54) is 0 Å². The van der Waals surface area contributed by atoms with Crippen molar-refractivity contribution in [2.24, 2.45) is 0 Å². The van der Waals surface area contributed by atoms with Gasteiger partial charge in [-0.25, -0.2) is 4.98 Å². The first-order valence-electron chi connectivity index (χ1n) is 9.94. The molecule has 1 aliphatic heterocycles. The van der Waals surface area contributed by atoms with Gasteiger partial charge in [0.25, 0.3) is 0 Å². The van der Waals surface area contributed by atoms with E-state index in [4.69, 9.17) is 9.15 Å². The Morgan fingerprint density at radius 1 is 1.25 bits per heavy atom. The highest BCUT2D eigenvalue weighted by Gasteiger charge is 2.32. The third kappa shape index (κ3) is 4.62. The zero-order valence-corrected chi connectivity index (χ0v) is 17.6. The zero-order chi connectivity index (χ0) is 20.3. The molecule has 3 rings (SSSR count). The van der Waals surface area contributed by atoms with Crippen LogP contribution in [0.2, 0.25) is 0 Å². The summed E-state index contributed by atoms with van der Waals surface area (Å²) in [4.78, 5) is 21.9. The van der Waals surface area contributed by atoms with Crippen molar-refractivity contribution in [1.82, 2.24) is 14.8 Å². The van der Waals surface area contributed by atoms with Crippen LogP contribution in [0.5, 0.6) is 0 Å². The molecule has 28 heavy (non-hydrogen) atoms. The van der Waals surface area contributed by atoms with E-state index in [9.17, 15) is 4.79 Å². The number of carbonyl (C=O) groups excluding carboxylic acids is 1. The number of hydrogen-bond acceptors (Lipinski definition) is 5. The molecule has 1 fully saturated rings. The molecular weight excluding hydrogens is 354 g/mol. The van der Waals surface area contributed by atoms with E-state index in [-0.39, 0.29) is 12.3 Å². The second kappa shape index (κ2) is 8.88. The van der Waals surface area contributed by atoms with Crippen molar-refractivity contribution in [3.63, 3.8) is 0 Å². The number of ether oxygens (including phenoxy) is 1. The molecule has 2 unspecified atom stereocenters. The molecule has 0 bridgehead atoms. The number of nitrogens with zero attached hydrogens (tertiary/aromatic N) is 3. The molecule has 2 heterocycles. The van der Waals surface area contributed by atoms with E-state index in [1.54, 1.807) is 7.11 Å². The summed E-state index contributed by atoms with van der Waals surface area (Å²) in [6, 6.07) is 8.67. The van der Waals surface area contributed by atoms with Crippen LogP contribution in [0.3, 0.4) is 0 Å². The molecule has 0 N–H and O–H groups in total. The van der Waals surface area contributed by atoms with E-state index in [2.05, 4.69) is 23.7 Å². The van der Waals surface area contributed by atoms with Crippen LogP contribution in [0, 0.1) is 13.8 Å². The van der Waals surface area contributed by atoms with Gasteiger partial charge in [0.1, 0.15) is 5.76 Å². The number of amides is 1. The molecule has 1 aliphatic rings. The molecule has 0 aliphatic carbocycles. The minimum Gasteiger partial charge on any atom is -0.441 e. The van der Waals surface area contributed by atoms with E-state index >= 15 is 0 Å². The van der Waals surface area contributed by atoms with Gasteiger partial charge >= 0.3 is 0 Å². The largest absolute Gasteiger partial charge is 0.441 e. The summed E-state index contributed by atoms with van der Waals surface area (Å²) < 4.78 is 11.1. The van der Waals surface area contributed by atoms with Crippen LogP contribution in [0.1, 0.15) is 30.9 Å². The van der Waals surface area contributed by atoms with Gasteiger partial charge in [-0.15, -0.1) is 0 Å². The van der Waals surface area contributed by atoms with Gasteiger partial charge in [0, 0.05) is 44.4 Å². The van der Waals surface area contributed by atoms with Gasteiger partial charge in [-0.05, 0) is 39.8 Å². The van der Waals surface area contributed by atoms with Gasteiger partial charge in [0.05, 0.1) is 18.7 Å². The summed E-state index contributed by atoms with van der Waals surface area (Å²) in [7, 11) is 1.72. The van der Waals surface area contributed by atoms with Gasteiger partial charge in [0.2, 0.25) is 11.8 Å². The van der Waals surface area contributed by atoms with Crippen LogP contribution in [0.15, 0.2) is 28.7 Å². The minimum atomic E-state index is 0.109. The Morgan fingerprint density at radius 3 is 2.61 bits per heavy atom. The molecule has 2 aromatic rings. The van der Waals surface area contributed by atoms with Crippen molar-refractivity contribution in [2.75, 3.05) is 33.4 Å². The number of methoxy groups -OCH3 is 1. The predicted molar refractivity (Wildman–Crippen MR) is 109 cm³/mol. The van der Waals surface area contributed by atoms with Crippen LogP contribution in [-0.4, -0.2) is 66.1 Å². The number of rotatable bonds is 6. The lowest BCUT2D eigenvalue weighted by molar-refractivity contribution is -0.135. The summed E-state index contributed by atoms with van der Waals surface area (Å²) in [5.74, 6) is 1.40. The van der Waals surface area contributed by atoms with Crippen molar-refractivity contribution in [3.8, 4) is 11.5 Å². The van der Waals surface area contributed by atoms with E-state index in [0.717, 1.165) is 36.5 Å². The number of carbonyl (C=O) groups is 1. The highest BCUT2D eigenvalue weighted by atomic mass is 16.5. The Morgan fingerprint density at radius 2 is 1.96 bits per heavy atom. The van der Waals surface area contributed by atoms with Crippen LogP contribution in [0.4, 0.5) is 0 Å². The fraction of sp³-hybridized carbons (Fsp3) is 0.545. The third-order valence-electron chi connectivity index (χ3n) is 5.48. The average molecular weight is 386 g/mol. The van der Waals surface area contributed by atoms with Crippen molar-refractivity contribution >= 4 is 5.91 Å². The summed E-state index contributed by atoms with van der Waals surface area (Å²) in [5, 5.41) is 0. The SMILES string of the molecule is COCCN1C(C)CN(C(=O)Cc2nc(-c3cccc(C)c3)oc2C)CC1C. The molecule has 6 heteroatoms. The lowest BCUT2D eigenvalue weighted by Gasteiger charge is -2.44. The third-order valence-corrected chi connectivity index (χ3v) is 5.48. The Bertz CT molecular complexity index is 805. The summed E-state index contributed by atoms with van der Waals surface area (Å²) in [6.07, 6.45) is 0.276. The lowest BCUT2D eigenvalue weighted by Crippen LogP contribution is -2.58. The Kier molecular flexibility index (Phi) is 6.52. The number of aromatic nitrogens is 1. The van der Waals surface area contributed by atoms with E-state index in [0.29, 0.717) is 30.3 Å². The highest BCUT2D eigenvalue weighted by Crippen LogP contribution is 2.24. The van der Waals surface area contributed by atoms with Crippen molar-refractivity contribution in [3.05, 3.63) is 41.3 Å². The quantitative estimate of drug-likeness (QED) is 0.765. The molecule has 1 aromatic heterocycles. The topological polar surface area (TPSA) is 58.8 Å². The number of hydrogen-bond donors (Lipinski definition) is 0. The number of benzene rings is 1. The Hall–Kier alpha value is -2.18. The monoisotopic (exact) mass is 385 g/mol. The molecule has 0 saturated carbocycles. The van der Waals surface area contributed by atoms with Gasteiger partial charge in [-0.3, -0.25) is 9.69 Å². The first kappa shape index (κ1) is 20.6. The first-order valence-corrected chi connectivity index (χ1v) is 9.94. The highest BCUT2D eigenvalue weighted by molar-refractivity contribution is 5.79. The molecule has 0 spiro atoms. The van der Waals surface area contributed by atoms with Gasteiger partial charge in [-0.2, -0.15) is 0 Å². The van der Waals surface area contributed by atoms with Gasteiger partial charge < -0.3 is 14.1 Å². The number of piperazine rings is 1. The van der Waals surface area contributed by atoms with Crippen LogP contribution < -0.4 is 0 Å². The maximum absolute atomic E-state index is 12.9. The fourth-order valence-electron chi connectivity index (χ4n) is 3.95. The molecule has 1 aromatic carbocycles. The first-order chi connectivity index (χ1) is 13.4. The predicted octanol–water partition coefficient (Wildman–Crippen LogP) is 3.07. The maximum Gasteiger partial charge on any atom is 0.228 e. The van der Waals surface area contributed by atoms with Gasteiger partial charge in [0.15, 0.2) is 0 Å². The van der Waals surface area contributed by atoms with Crippen molar-refractivity contribution < 1.29 is 13.9 Å². The van der Waals surface area contributed by atoms with Gasteiger partial charge in [-0.1, -0.05) is 17.7 Å². The second-order valence-corrected chi connectivity index (χ2v) is 7.80. The molecule has 1 saturated heterocycles.